The molecule has 21 heavy (non-hydrogen) atoms. The number of alkyl halides is 3. The van der Waals surface area contributed by atoms with E-state index in [1.54, 1.807) is 6.07 Å². The molecule has 0 saturated heterocycles. The van der Waals surface area contributed by atoms with Crippen LogP contribution in [0.1, 0.15) is 37.1 Å². The van der Waals surface area contributed by atoms with E-state index in [2.05, 4.69) is 4.99 Å². The largest absolute Gasteiger partial charge is 0.416 e. The summed E-state index contributed by atoms with van der Waals surface area (Å²) in [5.74, 6) is 0. The lowest BCUT2D eigenvalue weighted by Crippen LogP contribution is -2.19. The SMILES string of the molecule is CC(C)(C)C1=CC(c2cccc(C(F)(F)F)c2)SC(N)=N1. The summed E-state index contributed by atoms with van der Waals surface area (Å²) >= 11 is 1.26. The van der Waals surface area contributed by atoms with Gasteiger partial charge in [-0.15, -0.1) is 0 Å². The van der Waals surface area contributed by atoms with Crippen LogP contribution in [-0.4, -0.2) is 5.17 Å². The van der Waals surface area contributed by atoms with E-state index in [4.69, 9.17) is 5.73 Å². The van der Waals surface area contributed by atoms with Crippen LogP contribution in [-0.2, 0) is 6.18 Å². The van der Waals surface area contributed by atoms with Gasteiger partial charge in [0.05, 0.1) is 10.8 Å². The molecule has 0 fully saturated rings. The Morgan fingerprint density at radius 3 is 2.43 bits per heavy atom. The van der Waals surface area contributed by atoms with Gasteiger partial charge in [0, 0.05) is 11.1 Å². The molecule has 1 aromatic rings. The molecule has 1 aromatic carbocycles. The molecule has 1 aliphatic rings. The molecule has 0 amide bonds. The predicted molar refractivity (Wildman–Crippen MR) is 80.9 cm³/mol. The van der Waals surface area contributed by atoms with Crippen LogP contribution in [0, 0.1) is 5.41 Å². The fraction of sp³-hybridized carbons (Fsp3) is 0.400. The van der Waals surface area contributed by atoms with Gasteiger partial charge in [-0.1, -0.05) is 50.7 Å². The summed E-state index contributed by atoms with van der Waals surface area (Å²) in [6.07, 6.45) is -2.46. The molecule has 6 heteroatoms. The summed E-state index contributed by atoms with van der Waals surface area (Å²) in [6.45, 7) is 5.98. The molecule has 0 bridgehead atoms. The van der Waals surface area contributed by atoms with Crippen LogP contribution in [0.3, 0.4) is 0 Å². The highest BCUT2D eigenvalue weighted by molar-refractivity contribution is 8.14. The van der Waals surface area contributed by atoms with Crippen molar-refractivity contribution in [3.63, 3.8) is 0 Å². The minimum absolute atomic E-state index is 0.203. The summed E-state index contributed by atoms with van der Waals surface area (Å²) < 4.78 is 38.4. The number of aliphatic imine (C=N–C) groups is 1. The third kappa shape index (κ3) is 3.81. The Bertz CT molecular complexity index is 598. The first kappa shape index (κ1) is 15.9. The zero-order valence-corrected chi connectivity index (χ0v) is 12.8. The van der Waals surface area contributed by atoms with Crippen molar-refractivity contribution >= 4 is 16.9 Å². The minimum Gasteiger partial charge on any atom is -0.378 e. The number of hydrogen-bond donors (Lipinski definition) is 1. The molecule has 0 radical (unpaired) electrons. The highest BCUT2D eigenvalue weighted by Gasteiger charge is 2.31. The lowest BCUT2D eigenvalue weighted by molar-refractivity contribution is -0.137. The summed E-state index contributed by atoms with van der Waals surface area (Å²) in [5, 5.41) is 0.129. The lowest BCUT2D eigenvalue weighted by Gasteiger charge is -2.26. The van der Waals surface area contributed by atoms with Gasteiger partial charge in [-0.3, -0.25) is 0 Å². The van der Waals surface area contributed by atoms with Gasteiger partial charge in [-0.25, -0.2) is 4.99 Å². The predicted octanol–water partition coefficient (Wildman–Crippen LogP) is 4.74. The van der Waals surface area contributed by atoms with Gasteiger partial charge in [0.2, 0.25) is 0 Å². The number of nitrogens with two attached hydrogens (primary N) is 1. The Hall–Kier alpha value is -1.43. The number of benzene rings is 1. The first-order valence-electron chi connectivity index (χ1n) is 6.47. The average Bonchev–Trinajstić information content (AvgIpc) is 2.36. The average molecular weight is 314 g/mol. The van der Waals surface area contributed by atoms with Gasteiger partial charge >= 0.3 is 6.18 Å². The van der Waals surface area contributed by atoms with Crippen molar-refractivity contribution in [2.24, 2.45) is 16.1 Å². The second kappa shape index (κ2) is 5.40. The molecule has 2 rings (SSSR count). The summed E-state index contributed by atoms with van der Waals surface area (Å²) in [6, 6.07) is 5.35. The van der Waals surface area contributed by atoms with Crippen LogP contribution in [0.2, 0.25) is 0 Å². The number of rotatable bonds is 1. The number of thioether (sulfide) groups is 1. The zero-order valence-electron chi connectivity index (χ0n) is 12.0. The van der Waals surface area contributed by atoms with Crippen LogP contribution in [0.4, 0.5) is 13.2 Å². The van der Waals surface area contributed by atoms with Gasteiger partial charge < -0.3 is 5.73 Å². The van der Waals surface area contributed by atoms with Crippen molar-refractivity contribution in [1.82, 2.24) is 0 Å². The van der Waals surface area contributed by atoms with Crippen LogP contribution in [0.25, 0.3) is 0 Å². The van der Waals surface area contributed by atoms with E-state index < -0.39 is 11.7 Å². The lowest BCUT2D eigenvalue weighted by atomic mass is 9.90. The molecular weight excluding hydrogens is 297 g/mol. The standard InChI is InChI=1S/C15H17F3N2S/c1-14(2,3)12-8-11(21-13(19)20-12)9-5-4-6-10(7-9)15(16,17)18/h4-8,11H,1-3H3,(H2,19,20). The van der Waals surface area contributed by atoms with Crippen LogP contribution < -0.4 is 5.73 Å². The molecule has 1 unspecified atom stereocenters. The second-order valence-corrected chi connectivity index (χ2v) is 7.08. The molecule has 1 heterocycles. The van der Waals surface area contributed by atoms with Gasteiger partial charge in [-0.2, -0.15) is 13.2 Å². The number of nitrogens with zero attached hydrogens (tertiary/aromatic N) is 1. The van der Waals surface area contributed by atoms with Crippen molar-refractivity contribution < 1.29 is 13.2 Å². The molecular formula is C15H17F3N2S. The molecule has 2 nitrogen and oxygen atoms in total. The van der Waals surface area contributed by atoms with Crippen LogP contribution >= 0.6 is 11.8 Å². The molecule has 0 aliphatic carbocycles. The third-order valence-electron chi connectivity index (χ3n) is 3.10. The number of halogens is 3. The van der Waals surface area contributed by atoms with E-state index in [1.165, 1.54) is 23.9 Å². The van der Waals surface area contributed by atoms with Gasteiger partial charge in [-0.05, 0) is 17.7 Å². The van der Waals surface area contributed by atoms with E-state index in [0.29, 0.717) is 10.7 Å². The maximum absolute atomic E-state index is 12.8. The van der Waals surface area contributed by atoms with Gasteiger partial charge in [0.1, 0.15) is 0 Å². The van der Waals surface area contributed by atoms with Gasteiger partial charge in [0.15, 0.2) is 5.17 Å². The van der Waals surface area contributed by atoms with E-state index in [-0.39, 0.29) is 10.7 Å². The van der Waals surface area contributed by atoms with Crippen LogP contribution in [0.15, 0.2) is 41.0 Å². The smallest absolute Gasteiger partial charge is 0.378 e. The van der Waals surface area contributed by atoms with Crippen molar-refractivity contribution in [3.05, 3.63) is 47.2 Å². The molecule has 0 aromatic heterocycles. The van der Waals surface area contributed by atoms with E-state index in [9.17, 15) is 13.2 Å². The van der Waals surface area contributed by atoms with Gasteiger partial charge in [0.25, 0.3) is 0 Å². The fourth-order valence-corrected chi connectivity index (χ4v) is 2.85. The number of hydrogen-bond acceptors (Lipinski definition) is 3. The van der Waals surface area contributed by atoms with Crippen LogP contribution in [0.5, 0.6) is 0 Å². The Morgan fingerprint density at radius 2 is 1.86 bits per heavy atom. The summed E-state index contributed by atoms with van der Waals surface area (Å²) in [4.78, 5) is 4.30. The Balaban J connectivity index is 2.39. The normalized spacial score (nSPS) is 20.0. The Labute approximate surface area is 126 Å². The van der Waals surface area contributed by atoms with Crippen molar-refractivity contribution in [2.75, 3.05) is 0 Å². The summed E-state index contributed by atoms with van der Waals surface area (Å²) in [5.41, 5.74) is 6.35. The highest BCUT2D eigenvalue weighted by atomic mass is 32.2. The topological polar surface area (TPSA) is 38.4 Å². The Kier molecular flexibility index (Phi) is 4.10. The Morgan fingerprint density at radius 1 is 1.19 bits per heavy atom. The second-order valence-electron chi connectivity index (χ2n) is 5.91. The maximum atomic E-state index is 12.8. The minimum atomic E-state index is -4.34. The molecule has 1 aliphatic heterocycles. The zero-order chi connectivity index (χ0) is 15.8. The molecule has 1 atom stereocenters. The van der Waals surface area contributed by atoms with Crippen molar-refractivity contribution in [1.29, 1.82) is 0 Å². The molecule has 2 N–H and O–H groups in total. The number of amidine groups is 1. The first-order valence-corrected chi connectivity index (χ1v) is 7.35. The van der Waals surface area contributed by atoms with Crippen molar-refractivity contribution in [2.45, 2.75) is 32.2 Å². The van der Waals surface area contributed by atoms with E-state index >= 15 is 0 Å². The van der Waals surface area contributed by atoms with E-state index in [0.717, 1.165) is 11.8 Å². The van der Waals surface area contributed by atoms with E-state index in [1.807, 2.05) is 26.8 Å². The fourth-order valence-electron chi connectivity index (χ4n) is 1.96. The molecule has 114 valence electrons. The first-order chi connectivity index (χ1) is 9.57. The highest BCUT2D eigenvalue weighted by Crippen LogP contribution is 2.41. The molecule has 0 spiro atoms. The molecule has 0 saturated carbocycles. The maximum Gasteiger partial charge on any atom is 0.416 e. The quantitative estimate of drug-likeness (QED) is 0.813. The third-order valence-corrected chi connectivity index (χ3v) is 4.09. The monoisotopic (exact) mass is 314 g/mol. The van der Waals surface area contributed by atoms with Crippen molar-refractivity contribution in [3.8, 4) is 0 Å². The summed E-state index contributed by atoms with van der Waals surface area (Å²) in [7, 11) is 0. The number of allylic oxidation sites excluding steroid dienone is 1.